The summed E-state index contributed by atoms with van der Waals surface area (Å²) >= 11 is 0. The van der Waals surface area contributed by atoms with Crippen LogP contribution in [-0.4, -0.2) is 20.8 Å². The van der Waals surface area contributed by atoms with Crippen molar-refractivity contribution in [2.24, 2.45) is 5.73 Å². The van der Waals surface area contributed by atoms with Crippen molar-refractivity contribution in [3.05, 3.63) is 56.8 Å². The third kappa shape index (κ3) is 3.41. The van der Waals surface area contributed by atoms with Crippen LogP contribution in [0, 0.1) is 13.8 Å². The summed E-state index contributed by atoms with van der Waals surface area (Å²) in [6.07, 6.45) is -2.88. The number of alkyl halides is 3. The van der Waals surface area contributed by atoms with Crippen molar-refractivity contribution in [1.82, 2.24) is 9.13 Å². The number of hydrogen-bond donors (Lipinski definition) is 1. The van der Waals surface area contributed by atoms with Gasteiger partial charge in [-0.15, -0.1) is 0 Å². The SMILES string of the molecule is Cc1cc(C(=O)Cn2c(C(F)(F)F)ccc(C(N)=O)c2=O)c(C)n1C1CC1. The molecule has 2 N–H and O–H groups in total. The summed E-state index contributed by atoms with van der Waals surface area (Å²) in [6.45, 7) is 2.72. The molecule has 0 unspecified atom stereocenters. The van der Waals surface area contributed by atoms with Crippen LogP contribution in [0.2, 0.25) is 0 Å². The number of nitrogens with zero attached hydrogens (tertiary/aromatic N) is 2. The number of aromatic nitrogens is 2. The summed E-state index contributed by atoms with van der Waals surface area (Å²) in [5.74, 6) is -1.79. The third-order valence-electron chi connectivity index (χ3n) is 4.73. The standard InChI is InChI=1S/C18H18F3N3O3/c1-9-7-13(10(2)24(9)11-3-4-11)14(25)8-23-15(18(19,20)21)6-5-12(16(22)26)17(23)27/h5-7,11H,3-4,8H2,1-2H3,(H2,22,26). The fraction of sp³-hybridized carbons (Fsp3) is 0.389. The zero-order chi connectivity index (χ0) is 20.1. The van der Waals surface area contributed by atoms with Crippen molar-refractivity contribution >= 4 is 11.7 Å². The number of amides is 1. The maximum Gasteiger partial charge on any atom is 0.431 e. The van der Waals surface area contributed by atoms with Crippen molar-refractivity contribution in [2.45, 2.75) is 45.5 Å². The van der Waals surface area contributed by atoms with E-state index in [9.17, 15) is 27.6 Å². The van der Waals surface area contributed by atoms with Crippen LogP contribution in [0.3, 0.4) is 0 Å². The van der Waals surface area contributed by atoms with Crippen LogP contribution in [0.15, 0.2) is 23.0 Å². The van der Waals surface area contributed by atoms with Crippen LogP contribution >= 0.6 is 0 Å². The lowest BCUT2D eigenvalue weighted by atomic mass is 10.1. The number of carbonyl (C=O) groups excluding carboxylic acids is 2. The molecule has 6 nitrogen and oxygen atoms in total. The van der Waals surface area contributed by atoms with Crippen LogP contribution in [0.4, 0.5) is 13.2 Å². The minimum Gasteiger partial charge on any atom is -0.365 e. The second-order valence-electron chi connectivity index (χ2n) is 6.69. The number of aryl methyl sites for hydroxylation is 1. The van der Waals surface area contributed by atoms with Crippen LogP contribution in [0.1, 0.15) is 56.7 Å². The van der Waals surface area contributed by atoms with E-state index in [4.69, 9.17) is 5.73 Å². The number of halogens is 3. The molecule has 2 heterocycles. The molecule has 1 aliphatic rings. The minimum absolute atomic E-state index is 0.268. The Hall–Kier alpha value is -2.84. The average Bonchev–Trinajstić information content (AvgIpc) is 3.33. The number of carbonyl (C=O) groups is 2. The predicted molar refractivity (Wildman–Crippen MR) is 90.7 cm³/mol. The van der Waals surface area contributed by atoms with Crippen molar-refractivity contribution < 1.29 is 22.8 Å². The van der Waals surface area contributed by atoms with Crippen LogP contribution < -0.4 is 11.3 Å². The largest absolute Gasteiger partial charge is 0.431 e. The van der Waals surface area contributed by atoms with Gasteiger partial charge in [0.2, 0.25) is 0 Å². The predicted octanol–water partition coefficient (Wildman–Crippen LogP) is 2.60. The lowest BCUT2D eigenvalue weighted by Gasteiger charge is -2.15. The highest BCUT2D eigenvalue weighted by molar-refractivity contribution is 5.97. The second-order valence-corrected chi connectivity index (χ2v) is 6.69. The van der Waals surface area contributed by atoms with Crippen molar-refractivity contribution in [3.8, 4) is 0 Å². The Morgan fingerprint density at radius 1 is 1.19 bits per heavy atom. The van der Waals surface area contributed by atoms with E-state index in [0.717, 1.165) is 24.6 Å². The summed E-state index contributed by atoms with van der Waals surface area (Å²) < 4.78 is 42.1. The Kier molecular flexibility index (Phi) is 4.49. The molecule has 9 heteroatoms. The van der Waals surface area contributed by atoms with E-state index >= 15 is 0 Å². The van der Waals surface area contributed by atoms with Crippen LogP contribution in [-0.2, 0) is 12.7 Å². The van der Waals surface area contributed by atoms with Gasteiger partial charge in [0.05, 0.1) is 6.54 Å². The number of nitrogens with two attached hydrogens (primary N) is 1. The van der Waals surface area contributed by atoms with E-state index in [1.165, 1.54) is 0 Å². The fourth-order valence-corrected chi connectivity index (χ4v) is 3.35. The molecule has 144 valence electrons. The van der Waals surface area contributed by atoms with Gasteiger partial charge in [-0.2, -0.15) is 13.2 Å². The maximum atomic E-state index is 13.3. The molecule has 0 aromatic carbocycles. The lowest BCUT2D eigenvalue weighted by molar-refractivity contribution is -0.144. The molecule has 0 saturated heterocycles. The first-order valence-corrected chi connectivity index (χ1v) is 8.34. The molecule has 1 aliphatic carbocycles. The van der Waals surface area contributed by atoms with E-state index in [1.54, 1.807) is 13.0 Å². The number of hydrogen-bond acceptors (Lipinski definition) is 3. The van der Waals surface area contributed by atoms with E-state index in [1.807, 2.05) is 11.5 Å². The summed E-state index contributed by atoms with van der Waals surface area (Å²) in [6, 6.07) is 3.24. The highest BCUT2D eigenvalue weighted by atomic mass is 19.4. The highest BCUT2D eigenvalue weighted by Gasteiger charge is 2.36. The van der Waals surface area contributed by atoms with Gasteiger partial charge in [0, 0.05) is 23.0 Å². The van der Waals surface area contributed by atoms with Gasteiger partial charge >= 0.3 is 6.18 Å². The van der Waals surface area contributed by atoms with Crippen molar-refractivity contribution in [3.63, 3.8) is 0 Å². The summed E-state index contributed by atoms with van der Waals surface area (Å²) in [5, 5.41) is 0. The number of Topliss-reactive ketones (excluding diaryl/α,β-unsaturated/α-hetero) is 1. The van der Waals surface area contributed by atoms with E-state index in [0.29, 0.717) is 17.8 Å². The van der Waals surface area contributed by atoms with Crippen molar-refractivity contribution in [1.29, 1.82) is 0 Å². The first-order chi connectivity index (χ1) is 12.5. The normalized spacial score (nSPS) is 14.4. The first kappa shape index (κ1) is 18.9. The fourth-order valence-electron chi connectivity index (χ4n) is 3.35. The Labute approximate surface area is 152 Å². The highest BCUT2D eigenvalue weighted by Crippen LogP contribution is 2.38. The van der Waals surface area contributed by atoms with Crippen LogP contribution in [0.5, 0.6) is 0 Å². The summed E-state index contributed by atoms with van der Waals surface area (Å²) in [7, 11) is 0. The van der Waals surface area contributed by atoms with Crippen LogP contribution in [0.25, 0.3) is 0 Å². The van der Waals surface area contributed by atoms with Gasteiger partial charge in [-0.25, -0.2) is 0 Å². The van der Waals surface area contributed by atoms with Crippen molar-refractivity contribution in [2.75, 3.05) is 0 Å². The van der Waals surface area contributed by atoms with Gasteiger partial charge in [0.25, 0.3) is 11.5 Å². The maximum absolute atomic E-state index is 13.3. The van der Waals surface area contributed by atoms with E-state index < -0.39 is 41.2 Å². The molecule has 1 saturated carbocycles. The second kappa shape index (κ2) is 6.40. The topological polar surface area (TPSA) is 87.1 Å². The minimum atomic E-state index is -4.86. The molecule has 1 amide bonds. The summed E-state index contributed by atoms with van der Waals surface area (Å²) in [4.78, 5) is 36.3. The number of pyridine rings is 1. The smallest absolute Gasteiger partial charge is 0.365 e. The molecule has 3 rings (SSSR count). The molecule has 2 aromatic heterocycles. The molecule has 27 heavy (non-hydrogen) atoms. The van der Waals surface area contributed by atoms with Gasteiger partial charge in [-0.1, -0.05) is 0 Å². The molecular weight excluding hydrogens is 363 g/mol. The van der Waals surface area contributed by atoms with Gasteiger partial charge in [0.1, 0.15) is 11.3 Å². The zero-order valence-corrected chi connectivity index (χ0v) is 14.8. The van der Waals surface area contributed by atoms with Gasteiger partial charge in [0.15, 0.2) is 5.78 Å². The molecule has 0 radical (unpaired) electrons. The molecule has 0 aliphatic heterocycles. The Morgan fingerprint density at radius 2 is 1.81 bits per heavy atom. The Bertz CT molecular complexity index is 998. The molecular formula is C18H18F3N3O3. The van der Waals surface area contributed by atoms with E-state index in [2.05, 4.69) is 0 Å². The molecule has 1 fully saturated rings. The number of ketones is 1. The number of rotatable bonds is 5. The molecule has 0 atom stereocenters. The Balaban J connectivity index is 2.05. The van der Waals surface area contributed by atoms with Gasteiger partial charge in [-0.3, -0.25) is 19.0 Å². The summed E-state index contributed by atoms with van der Waals surface area (Å²) in [5.41, 5.74) is 3.68. The molecule has 2 aromatic rings. The number of primary amides is 1. The monoisotopic (exact) mass is 381 g/mol. The molecule has 0 bridgehead atoms. The average molecular weight is 381 g/mol. The first-order valence-electron chi connectivity index (χ1n) is 8.34. The zero-order valence-electron chi connectivity index (χ0n) is 14.8. The van der Waals surface area contributed by atoms with Gasteiger partial charge in [-0.05, 0) is 44.9 Å². The lowest BCUT2D eigenvalue weighted by Crippen LogP contribution is -2.35. The van der Waals surface area contributed by atoms with E-state index in [-0.39, 0.29) is 10.1 Å². The quantitative estimate of drug-likeness (QED) is 0.808. The third-order valence-corrected chi connectivity index (χ3v) is 4.73. The molecule has 0 spiro atoms. The van der Waals surface area contributed by atoms with Gasteiger partial charge < -0.3 is 10.3 Å². The Morgan fingerprint density at radius 3 is 2.33 bits per heavy atom.